The highest BCUT2D eigenvalue weighted by molar-refractivity contribution is 7.18. The van der Waals surface area contributed by atoms with Gasteiger partial charge >= 0.3 is 0 Å². The first-order chi connectivity index (χ1) is 15.1. The van der Waals surface area contributed by atoms with Gasteiger partial charge in [-0.3, -0.25) is 14.0 Å². The van der Waals surface area contributed by atoms with Crippen molar-refractivity contribution in [1.82, 2.24) is 19.3 Å². The third-order valence-electron chi connectivity index (χ3n) is 5.67. The number of aryl methyl sites for hydroxylation is 2. The summed E-state index contributed by atoms with van der Waals surface area (Å²) in [6, 6.07) is 6.39. The Morgan fingerprint density at radius 2 is 2.00 bits per heavy atom. The molecule has 0 aliphatic heterocycles. The summed E-state index contributed by atoms with van der Waals surface area (Å²) in [7, 11) is 0. The van der Waals surface area contributed by atoms with E-state index in [9.17, 15) is 9.18 Å². The van der Waals surface area contributed by atoms with Crippen molar-refractivity contribution in [3.8, 4) is 0 Å². The highest BCUT2D eigenvalue weighted by Gasteiger charge is 2.22. The molecule has 1 aliphatic rings. The molecule has 6 nitrogen and oxygen atoms in total. The minimum atomic E-state index is -0.253. The molecule has 0 unspecified atom stereocenters. The Kier molecular flexibility index (Phi) is 5.31. The summed E-state index contributed by atoms with van der Waals surface area (Å²) in [4.78, 5) is 20.4. The molecule has 0 saturated heterocycles. The summed E-state index contributed by atoms with van der Waals surface area (Å²) < 4.78 is 16.7. The zero-order valence-electron chi connectivity index (χ0n) is 17.4. The van der Waals surface area contributed by atoms with Gasteiger partial charge in [-0.05, 0) is 55.4 Å². The molecule has 0 bridgehead atoms. The Hall–Kier alpha value is -3.00. The monoisotopic (exact) mass is 437 g/mol. The molecular formula is C23H24FN5OS. The Morgan fingerprint density at radius 1 is 1.19 bits per heavy atom. The standard InChI is InChI=1S/C23H24FN5OS/c1-2-11-29-22(30)20-18-5-3-4-6-19(18)31-21(20)27-23(29)26-17-12-25-28(14-17)13-15-7-9-16(24)10-8-15/h7-10,12,14H,2-6,11,13H2,1H3,(H,26,27). The summed E-state index contributed by atoms with van der Waals surface area (Å²) in [5.74, 6) is 0.302. The minimum Gasteiger partial charge on any atom is -0.323 e. The largest absolute Gasteiger partial charge is 0.323 e. The number of anilines is 2. The Labute approximate surface area is 183 Å². The van der Waals surface area contributed by atoms with Crippen LogP contribution in [-0.2, 0) is 25.9 Å². The molecule has 1 aliphatic carbocycles. The fraction of sp³-hybridized carbons (Fsp3) is 0.348. The van der Waals surface area contributed by atoms with Crippen LogP contribution < -0.4 is 10.9 Å². The van der Waals surface area contributed by atoms with Gasteiger partial charge in [-0.15, -0.1) is 11.3 Å². The van der Waals surface area contributed by atoms with Gasteiger partial charge in [0, 0.05) is 17.6 Å². The molecule has 1 aromatic carbocycles. The van der Waals surface area contributed by atoms with Crippen molar-refractivity contribution in [1.29, 1.82) is 0 Å². The van der Waals surface area contributed by atoms with Gasteiger partial charge in [0.15, 0.2) is 0 Å². The van der Waals surface area contributed by atoms with Gasteiger partial charge < -0.3 is 5.32 Å². The Bertz CT molecular complexity index is 1290. The van der Waals surface area contributed by atoms with Crippen molar-refractivity contribution >= 4 is 33.2 Å². The Balaban J connectivity index is 1.47. The van der Waals surface area contributed by atoms with Crippen molar-refractivity contribution in [3.63, 3.8) is 0 Å². The van der Waals surface area contributed by atoms with E-state index >= 15 is 0 Å². The molecule has 3 heterocycles. The summed E-state index contributed by atoms with van der Waals surface area (Å²) in [5.41, 5.74) is 2.99. The molecule has 0 fully saturated rings. The summed E-state index contributed by atoms with van der Waals surface area (Å²) in [6.07, 6.45) is 8.77. The molecule has 0 amide bonds. The second-order valence-electron chi connectivity index (χ2n) is 7.96. The SMILES string of the molecule is CCCn1c(Nc2cnn(Cc3ccc(F)cc3)c2)nc2sc3c(c2c1=O)CCCC3. The summed E-state index contributed by atoms with van der Waals surface area (Å²) >= 11 is 1.66. The van der Waals surface area contributed by atoms with E-state index in [4.69, 9.17) is 4.98 Å². The predicted octanol–water partition coefficient (Wildman–Crippen LogP) is 4.87. The van der Waals surface area contributed by atoms with Crippen LogP contribution in [0.15, 0.2) is 41.5 Å². The maximum Gasteiger partial charge on any atom is 0.263 e. The lowest BCUT2D eigenvalue weighted by atomic mass is 9.97. The van der Waals surface area contributed by atoms with Crippen LogP contribution in [-0.4, -0.2) is 19.3 Å². The molecule has 0 radical (unpaired) electrons. The number of rotatable bonds is 6. The van der Waals surface area contributed by atoms with Crippen LogP contribution in [0.25, 0.3) is 10.2 Å². The zero-order valence-corrected chi connectivity index (χ0v) is 18.2. The third kappa shape index (κ3) is 3.87. The lowest BCUT2D eigenvalue weighted by Gasteiger charge is -2.13. The van der Waals surface area contributed by atoms with Gasteiger partial charge in [-0.2, -0.15) is 5.10 Å². The highest BCUT2D eigenvalue weighted by atomic mass is 32.1. The minimum absolute atomic E-state index is 0.0486. The van der Waals surface area contributed by atoms with Crippen LogP contribution in [0.2, 0.25) is 0 Å². The number of nitrogens with one attached hydrogen (secondary N) is 1. The number of thiophene rings is 1. The molecule has 3 aromatic heterocycles. The molecule has 5 rings (SSSR count). The lowest BCUT2D eigenvalue weighted by Crippen LogP contribution is -2.24. The van der Waals surface area contributed by atoms with Crippen molar-refractivity contribution in [2.45, 2.75) is 52.1 Å². The first-order valence-corrected chi connectivity index (χ1v) is 11.5. The van der Waals surface area contributed by atoms with Crippen molar-refractivity contribution in [2.75, 3.05) is 5.32 Å². The van der Waals surface area contributed by atoms with Crippen molar-refractivity contribution < 1.29 is 4.39 Å². The number of aromatic nitrogens is 4. The fourth-order valence-corrected chi connectivity index (χ4v) is 5.44. The fourth-order valence-electron chi connectivity index (χ4n) is 4.19. The van der Waals surface area contributed by atoms with Crippen molar-refractivity contribution in [3.05, 3.63) is 68.8 Å². The number of benzene rings is 1. The molecule has 1 N–H and O–H groups in total. The molecule has 160 valence electrons. The van der Waals surface area contributed by atoms with Crippen LogP contribution in [0.5, 0.6) is 0 Å². The van der Waals surface area contributed by atoms with E-state index in [-0.39, 0.29) is 11.4 Å². The second-order valence-corrected chi connectivity index (χ2v) is 9.04. The summed E-state index contributed by atoms with van der Waals surface area (Å²) in [5, 5.41) is 8.50. The van der Waals surface area contributed by atoms with Gasteiger partial charge in [-0.1, -0.05) is 19.1 Å². The van der Waals surface area contributed by atoms with Crippen LogP contribution in [0, 0.1) is 5.82 Å². The van der Waals surface area contributed by atoms with Gasteiger partial charge in [-0.25, -0.2) is 9.37 Å². The van der Waals surface area contributed by atoms with E-state index < -0.39 is 0 Å². The number of hydrogen-bond donors (Lipinski definition) is 1. The second kappa shape index (κ2) is 8.26. The highest BCUT2D eigenvalue weighted by Crippen LogP contribution is 2.34. The smallest absolute Gasteiger partial charge is 0.263 e. The first kappa shape index (κ1) is 19.9. The number of fused-ring (bicyclic) bond motifs is 3. The van der Waals surface area contributed by atoms with Gasteiger partial charge in [0.05, 0.1) is 23.8 Å². The molecular weight excluding hydrogens is 413 g/mol. The number of hydrogen-bond acceptors (Lipinski definition) is 5. The molecule has 8 heteroatoms. The quantitative estimate of drug-likeness (QED) is 0.467. The van der Waals surface area contributed by atoms with Gasteiger partial charge in [0.2, 0.25) is 5.95 Å². The zero-order chi connectivity index (χ0) is 21.4. The van der Waals surface area contributed by atoms with Crippen LogP contribution in [0.1, 0.15) is 42.2 Å². The molecule has 4 aromatic rings. The third-order valence-corrected chi connectivity index (χ3v) is 6.85. The lowest BCUT2D eigenvalue weighted by molar-refractivity contribution is 0.624. The van der Waals surface area contributed by atoms with E-state index in [0.717, 1.165) is 47.2 Å². The summed E-state index contributed by atoms with van der Waals surface area (Å²) in [6.45, 7) is 3.20. The van der Waals surface area contributed by atoms with Crippen LogP contribution in [0.3, 0.4) is 0 Å². The number of nitrogens with zero attached hydrogens (tertiary/aromatic N) is 4. The van der Waals surface area contributed by atoms with E-state index in [1.54, 1.807) is 38.9 Å². The first-order valence-electron chi connectivity index (χ1n) is 10.7. The van der Waals surface area contributed by atoms with Gasteiger partial charge in [0.25, 0.3) is 5.56 Å². The van der Waals surface area contributed by atoms with E-state index in [1.165, 1.54) is 29.0 Å². The average Bonchev–Trinajstić information content (AvgIpc) is 3.36. The molecule has 0 saturated carbocycles. The number of halogens is 1. The molecule has 0 spiro atoms. The van der Waals surface area contributed by atoms with Crippen molar-refractivity contribution in [2.24, 2.45) is 0 Å². The average molecular weight is 438 g/mol. The van der Waals surface area contributed by atoms with E-state index in [1.807, 2.05) is 6.20 Å². The Morgan fingerprint density at radius 3 is 2.81 bits per heavy atom. The normalized spacial score (nSPS) is 13.5. The topological polar surface area (TPSA) is 64.7 Å². The molecule has 31 heavy (non-hydrogen) atoms. The van der Waals surface area contributed by atoms with Crippen LogP contribution in [0.4, 0.5) is 16.0 Å². The van der Waals surface area contributed by atoms with Gasteiger partial charge in [0.1, 0.15) is 10.6 Å². The van der Waals surface area contributed by atoms with Crippen LogP contribution >= 0.6 is 11.3 Å². The predicted molar refractivity (Wildman–Crippen MR) is 122 cm³/mol. The van der Waals surface area contributed by atoms with E-state index in [0.29, 0.717) is 19.0 Å². The maximum atomic E-state index is 13.4. The molecule has 0 atom stereocenters. The van der Waals surface area contributed by atoms with E-state index in [2.05, 4.69) is 17.3 Å². The maximum absolute atomic E-state index is 13.4.